The third-order valence-electron chi connectivity index (χ3n) is 3.80. The van der Waals surface area contributed by atoms with Crippen LogP contribution in [0.15, 0.2) is 30.3 Å². The molecule has 1 aromatic carbocycles. The first kappa shape index (κ1) is 11.1. The molecule has 2 aliphatic rings. The first-order chi connectivity index (χ1) is 8.31. The van der Waals surface area contributed by atoms with E-state index in [9.17, 15) is 4.79 Å². The normalized spacial score (nSPS) is 35.7. The van der Waals surface area contributed by atoms with Crippen molar-refractivity contribution >= 4 is 17.7 Å². The summed E-state index contributed by atoms with van der Waals surface area (Å²) in [6, 6.07) is 10.1. The molecule has 2 nitrogen and oxygen atoms in total. The zero-order valence-electron chi connectivity index (χ0n) is 9.84. The van der Waals surface area contributed by atoms with E-state index < -0.39 is 0 Å². The van der Waals surface area contributed by atoms with Crippen LogP contribution in [0.25, 0.3) is 0 Å². The number of rotatable bonds is 2. The lowest BCUT2D eigenvalue weighted by atomic mass is 9.86. The average molecular weight is 248 g/mol. The van der Waals surface area contributed by atoms with Crippen molar-refractivity contribution in [1.82, 2.24) is 0 Å². The molecule has 2 fully saturated rings. The molecule has 0 saturated carbocycles. The maximum atomic E-state index is 12.0. The second-order valence-electron chi connectivity index (χ2n) is 4.74. The molecule has 0 unspecified atom stereocenters. The fourth-order valence-corrected chi connectivity index (χ4v) is 4.55. The van der Waals surface area contributed by atoms with Gasteiger partial charge in [0.25, 0.3) is 0 Å². The molecule has 0 N–H and O–H groups in total. The first-order valence-electron chi connectivity index (χ1n) is 6.18. The maximum absolute atomic E-state index is 12.0. The number of benzene rings is 1. The Morgan fingerprint density at radius 2 is 2.12 bits per heavy atom. The molecular formula is C14H16O2S. The number of esters is 1. The van der Waals surface area contributed by atoms with Gasteiger partial charge >= 0.3 is 5.97 Å². The third-order valence-corrected chi connectivity index (χ3v) is 5.43. The van der Waals surface area contributed by atoms with E-state index in [1.807, 2.05) is 30.0 Å². The number of ether oxygens (including phenoxy) is 1. The Kier molecular flexibility index (Phi) is 2.87. The van der Waals surface area contributed by atoms with E-state index in [0.29, 0.717) is 11.2 Å². The zero-order chi connectivity index (χ0) is 11.8. The second kappa shape index (κ2) is 4.37. The lowest BCUT2D eigenvalue weighted by Crippen LogP contribution is -2.21. The summed E-state index contributed by atoms with van der Waals surface area (Å²) in [6.07, 6.45) is 1.04. The second-order valence-corrected chi connectivity index (χ2v) is 6.01. The monoisotopic (exact) mass is 248 g/mol. The van der Waals surface area contributed by atoms with Crippen LogP contribution < -0.4 is 0 Å². The average Bonchev–Trinajstić information content (AvgIpc) is 2.92. The van der Waals surface area contributed by atoms with E-state index in [4.69, 9.17) is 4.74 Å². The highest BCUT2D eigenvalue weighted by molar-refractivity contribution is 8.00. The van der Waals surface area contributed by atoms with Gasteiger partial charge in [-0.3, -0.25) is 4.79 Å². The molecule has 0 aromatic heterocycles. The molecule has 0 aliphatic carbocycles. The summed E-state index contributed by atoms with van der Waals surface area (Å²) in [5.74, 6) is 1.56. The van der Waals surface area contributed by atoms with Gasteiger partial charge < -0.3 is 4.74 Å². The lowest BCUT2D eigenvalue weighted by Gasteiger charge is -2.15. The molecule has 0 spiro atoms. The molecule has 3 rings (SSSR count). The van der Waals surface area contributed by atoms with E-state index in [-0.39, 0.29) is 18.0 Å². The third kappa shape index (κ3) is 1.77. The fourth-order valence-electron chi connectivity index (χ4n) is 2.94. The molecule has 0 amide bonds. The number of hydrogen-bond donors (Lipinski definition) is 0. The standard InChI is InChI=1S/C14H16O2S/c1-2-11-12-10(8-17-11)13(16-14(12)15)9-6-4-3-5-7-9/h3-7,10-13H,2,8H2,1H3/t10-,11-,12-,13+/m0/s1. The quantitative estimate of drug-likeness (QED) is 0.752. The highest BCUT2D eigenvalue weighted by Gasteiger charge is 2.52. The van der Waals surface area contributed by atoms with Crippen LogP contribution in [-0.2, 0) is 9.53 Å². The van der Waals surface area contributed by atoms with E-state index >= 15 is 0 Å². The number of carbonyl (C=O) groups is 1. The number of thioether (sulfide) groups is 1. The van der Waals surface area contributed by atoms with Crippen molar-refractivity contribution in [3.63, 3.8) is 0 Å². The van der Waals surface area contributed by atoms with E-state index in [2.05, 4.69) is 19.1 Å². The summed E-state index contributed by atoms with van der Waals surface area (Å²) in [4.78, 5) is 12.0. The Hall–Kier alpha value is -0.960. The van der Waals surface area contributed by atoms with E-state index in [1.165, 1.54) is 0 Å². The van der Waals surface area contributed by atoms with Crippen LogP contribution >= 0.6 is 11.8 Å². The molecule has 17 heavy (non-hydrogen) atoms. The summed E-state index contributed by atoms with van der Waals surface area (Å²) < 4.78 is 5.59. The molecular weight excluding hydrogens is 232 g/mol. The van der Waals surface area contributed by atoms with E-state index in [0.717, 1.165) is 17.7 Å². The van der Waals surface area contributed by atoms with Crippen molar-refractivity contribution in [3.8, 4) is 0 Å². The Morgan fingerprint density at radius 3 is 2.82 bits per heavy atom. The summed E-state index contributed by atoms with van der Waals surface area (Å²) >= 11 is 1.94. The van der Waals surface area contributed by atoms with Crippen molar-refractivity contribution in [3.05, 3.63) is 35.9 Å². The van der Waals surface area contributed by atoms with Crippen LogP contribution in [0.4, 0.5) is 0 Å². The van der Waals surface area contributed by atoms with Crippen LogP contribution in [0.1, 0.15) is 25.0 Å². The van der Waals surface area contributed by atoms with Gasteiger partial charge in [-0.05, 0) is 12.0 Å². The topological polar surface area (TPSA) is 26.3 Å². The van der Waals surface area contributed by atoms with Crippen LogP contribution in [-0.4, -0.2) is 17.0 Å². The molecule has 4 atom stereocenters. The number of fused-ring (bicyclic) bond motifs is 1. The van der Waals surface area contributed by atoms with Crippen molar-refractivity contribution in [2.45, 2.75) is 24.7 Å². The molecule has 0 radical (unpaired) electrons. The number of carbonyl (C=O) groups excluding carboxylic acids is 1. The number of hydrogen-bond acceptors (Lipinski definition) is 3. The lowest BCUT2D eigenvalue weighted by molar-refractivity contribution is -0.144. The minimum absolute atomic E-state index is 0.0145. The maximum Gasteiger partial charge on any atom is 0.311 e. The summed E-state index contributed by atoms with van der Waals surface area (Å²) in [6.45, 7) is 2.16. The molecule has 2 aliphatic heterocycles. The van der Waals surface area contributed by atoms with Crippen LogP contribution in [0.3, 0.4) is 0 Å². The van der Waals surface area contributed by atoms with Gasteiger partial charge in [-0.2, -0.15) is 11.8 Å². The van der Waals surface area contributed by atoms with Gasteiger partial charge in [-0.1, -0.05) is 37.3 Å². The van der Waals surface area contributed by atoms with Crippen molar-refractivity contribution in [2.24, 2.45) is 11.8 Å². The number of cyclic esters (lactones) is 1. The highest BCUT2D eigenvalue weighted by atomic mass is 32.2. The highest BCUT2D eigenvalue weighted by Crippen LogP contribution is 2.51. The minimum atomic E-state index is -0.0160. The van der Waals surface area contributed by atoms with Crippen LogP contribution in [0.2, 0.25) is 0 Å². The van der Waals surface area contributed by atoms with Crippen LogP contribution in [0, 0.1) is 11.8 Å². The molecule has 2 heterocycles. The smallest absolute Gasteiger partial charge is 0.311 e. The van der Waals surface area contributed by atoms with Gasteiger partial charge in [0.1, 0.15) is 6.10 Å². The Bertz CT molecular complexity index is 417. The fraction of sp³-hybridized carbons (Fsp3) is 0.500. The Morgan fingerprint density at radius 1 is 1.35 bits per heavy atom. The predicted octanol–water partition coefficient (Wildman–Crippen LogP) is 3.04. The largest absolute Gasteiger partial charge is 0.457 e. The van der Waals surface area contributed by atoms with Gasteiger partial charge in [0.15, 0.2) is 0 Å². The molecule has 1 aromatic rings. The van der Waals surface area contributed by atoms with Gasteiger partial charge in [0.2, 0.25) is 0 Å². The van der Waals surface area contributed by atoms with Gasteiger partial charge in [0.05, 0.1) is 5.92 Å². The van der Waals surface area contributed by atoms with Crippen molar-refractivity contribution < 1.29 is 9.53 Å². The minimum Gasteiger partial charge on any atom is -0.457 e. The summed E-state index contributed by atoms with van der Waals surface area (Å²) in [5, 5.41) is 0.459. The van der Waals surface area contributed by atoms with Gasteiger partial charge in [0, 0.05) is 16.9 Å². The molecule has 0 bridgehead atoms. The predicted molar refractivity (Wildman–Crippen MR) is 68.8 cm³/mol. The first-order valence-corrected chi connectivity index (χ1v) is 7.23. The van der Waals surface area contributed by atoms with E-state index in [1.54, 1.807) is 0 Å². The van der Waals surface area contributed by atoms with Crippen LogP contribution in [0.5, 0.6) is 0 Å². The van der Waals surface area contributed by atoms with Gasteiger partial charge in [-0.25, -0.2) is 0 Å². The SMILES string of the molecule is CC[C@@H]1SC[C@H]2[C@@H]1C(=O)O[C@@H]2c1ccccc1. The van der Waals surface area contributed by atoms with Crippen molar-refractivity contribution in [1.29, 1.82) is 0 Å². The molecule has 2 saturated heterocycles. The Labute approximate surface area is 106 Å². The Balaban J connectivity index is 1.88. The molecule has 3 heteroatoms. The zero-order valence-corrected chi connectivity index (χ0v) is 10.7. The summed E-state index contributed by atoms with van der Waals surface area (Å²) in [7, 11) is 0. The molecule has 90 valence electrons. The van der Waals surface area contributed by atoms with Gasteiger partial charge in [-0.15, -0.1) is 0 Å². The van der Waals surface area contributed by atoms with Crippen molar-refractivity contribution in [2.75, 3.05) is 5.75 Å². The summed E-state index contributed by atoms with van der Waals surface area (Å²) in [5.41, 5.74) is 1.14.